The molecule has 1 atom stereocenters. The molecule has 0 aliphatic carbocycles. The smallest absolute Gasteiger partial charge is 0.322 e. The first-order chi connectivity index (χ1) is 17.4. The SMILES string of the molecule is CCCCCCCCC=CCCCCCCCCCCCCOP(=O)(O)OCC[N+](CC)(CC)CC. The van der Waals surface area contributed by atoms with Crippen LogP contribution in [0.2, 0.25) is 0 Å². The second-order valence-electron chi connectivity index (χ2n) is 10.5. The van der Waals surface area contributed by atoms with Gasteiger partial charge in [-0.25, -0.2) is 4.57 Å². The van der Waals surface area contributed by atoms with Crippen LogP contribution >= 0.6 is 7.82 Å². The molecule has 0 saturated carbocycles. The predicted octanol–water partition coefficient (Wildman–Crippen LogP) is 9.59. The Morgan fingerprint density at radius 3 is 1.42 bits per heavy atom. The minimum absolute atomic E-state index is 0.263. The first-order valence-electron chi connectivity index (χ1n) is 15.6. The molecule has 0 bridgehead atoms. The summed E-state index contributed by atoms with van der Waals surface area (Å²) in [5.41, 5.74) is 0. The summed E-state index contributed by atoms with van der Waals surface area (Å²) in [6, 6.07) is 0. The lowest BCUT2D eigenvalue weighted by Crippen LogP contribution is -2.49. The number of allylic oxidation sites excluding steroid dienone is 2. The largest absolute Gasteiger partial charge is 0.472 e. The number of likely N-dealkylation sites (N-methyl/N-ethyl adjacent to an activating group) is 1. The molecule has 1 N–H and O–H groups in total. The normalized spacial score (nSPS) is 14.0. The van der Waals surface area contributed by atoms with Crippen LogP contribution in [0.5, 0.6) is 0 Å². The van der Waals surface area contributed by atoms with Crippen LogP contribution in [-0.4, -0.2) is 48.8 Å². The number of nitrogens with zero attached hydrogens (tertiary/aromatic N) is 1. The standard InChI is InChI=1S/C30H62NO4P/c1-5-9-10-11-12-13-14-15-16-17-18-19-20-21-22-23-24-25-26-27-29-34-36(32,33)35-30-28-31(6-2,7-3)8-4/h15-16H,5-14,17-30H2,1-4H3/p+1. The summed E-state index contributed by atoms with van der Waals surface area (Å²) in [5.74, 6) is 0. The lowest BCUT2D eigenvalue weighted by atomic mass is 10.1. The topological polar surface area (TPSA) is 55.8 Å². The van der Waals surface area contributed by atoms with Gasteiger partial charge in [0.25, 0.3) is 0 Å². The Hall–Kier alpha value is -0.190. The number of unbranched alkanes of at least 4 members (excludes halogenated alkanes) is 16. The van der Waals surface area contributed by atoms with Crippen molar-refractivity contribution in [2.24, 2.45) is 0 Å². The minimum atomic E-state index is -3.92. The molecule has 36 heavy (non-hydrogen) atoms. The highest BCUT2D eigenvalue weighted by molar-refractivity contribution is 7.47. The van der Waals surface area contributed by atoms with Crippen molar-refractivity contribution in [2.75, 3.05) is 39.4 Å². The number of phosphoric ester groups is 1. The van der Waals surface area contributed by atoms with Gasteiger partial charge in [-0.3, -0.25) is 9.05 Å². The number of phosphoric acid groups is 1. The van der Waals surface area contributed by atoms with E-state index in [4.69, 9.17) is 9.05 Å². The maximum Gasteiger partial charge on any atom is 0.472 e. The van der Waals surface area contributed by atoms with Crippen molar-refractivity contribution in [3.05, 3.63) is 12.2 Å². The van der Waals surface area contributed by atoms with E-state index in [9.17, 15) is 9.46 Å². The van der Waals surface area contributed by atoms with E-state index in [0.29, 0.717) is 6.61 Å². The Bertz CT molecular complexity index is 529. The van der Waals surface area contributed by atoms with Crippen LogP contribution in [0.25, 0.3) is 0 Å². The molecule has 0 fully saturated rings. The van der Waals surface area contributed by atoms with Crippen LogP contribution in [0.4, 0.5) is 0 Å². The van der Waals surface area contributed by atoms with Crippen molar-refractivity contribution in [1.29, 1.82) is 0 Å². The highest BCUT2D eigenvalue weighted by Gasteiger charge is 2.25. The molecule has 0 amide bonds. The average molecular weight is 533 g/mol. The lowest BCUT2D eigenvalue weighted by molar-refractivity contribution is -0.923. The van der Waals surface area contributed by atoms with Gasteiger partial charge in [0.1, 0.15) is 13.2 Å². The van der Waals surface area contributed by atoms with E-state index in [2.05, 4.69) is 39.8 Å². The molecule has 5 nitrogen and oxygen atoms in total. The molecule has 0 saturated heterocycles. The summed E-state index contributed by atoms with van der Waals surface area (Å²) < 4.78 is 23.3. The Morgan fingerprint density at radius 1 is 0.583 bits per heavy atom. The van der Waals surface area contributed by atoms with Crippen LogP contribution in [0.15, 0.2) is 12.2 Å². The summed E-state index contributed by atoms with van der Waals surface area (Å²) in [6.45, 7) is 13.1. The number of quaternary nitrogens is 1. The molecule has 0 heterocycles. The minimum Gasteiger partial charge on any atom is -0.322 e. The van der Waals surface area contributed by atoms with Gasteiger partial charge in [-0.05, 0) is 52.9 Å². The quantitative estimate of drug-likeness (QED) is 0.0472. The second-order valence-corrected chi connectivity index (χ2v) is 12.0. The third kappa shape index (κ3) is 21.9. The van der Waals surface area contributed by atoms with Gasteiger partial charge >= 0.3 is 7.82 Å². The molecule has 0 aromatic carbocycles. The lowest BCUT2D eigenvalue weighted by Gasteiger charge is -2.35. The van der Waals surface area contributed by atoms with E-state index in [-0.39, 0.29) is 6.61 Å². The van der Waals surface area contributed by atoms with Gasteiger partial charge in [0, 0.05) is 0 Å². The molecule has 1 unspecified atom stereocenters. The van der Waals surface area contributed by atoms with Crippen LogP contribution in [0.3, 0.4) is 0 Å². The molecule has 0 spiro atoms. The second kappa shape index (κ2) is 25.1. The highest BCUT2D eigenvalue weighted by Crippen LogP contribution is 2.43. The maximum atomic E-state index is 12.1. The highest BCUT2D eigenvalue weighted by atomic mass is 31.2. The molecule has 0 aliphatic heterocycles. The van der Waals surface area contributed by atoms with Gasteiger partial charge in [-0.2, -0.15) is 0 Å². The summed E-state index contributed by atoms with van der Waals surface area (Å²) in [6.07, 6.45) is 28.0. The maximum absolute atomic E-state index is 12.1. The van der Waals surface area contributed by atoms with Gasteiger partial charge in [0.05, 0.1) is 26.2 Å². The zero-order chi connectivity index (χ0) is 26.8. The number of hydrogen-bond donors (Lipinski definition) is 1. The zero-order valence-corrected chi connectivity index (χ0v) is 25.6. The van der Waals surface area contributed by atoms with E-state index in [1.807, 2.05) is 0 Å². The Balaban J connectivity index is 3.43. The van der Waals surface area contributed by atoms with Crippen LogP contribution < -0.4 is 0 Å². The van der Waals surface area contributed by atoms with Crippen molar-refractivity contribution in [3.63, 3.8) is 0 Å². The molecular weight excluding hydrogens is 469 g/mol. The van der Waals surface area contributed by atoms with Gasteiger partial charge in [0.15, 0.2) is 0 Å². The molecule has 0 rings (SSSR count). The number of rotatable bonds is 28. The van der Waals surface area contributed by atoms with E-state index >= 15 is 0 Å². The third-order valence-corrected chi connectivity index (χ3v) is 8.76. The number of hydrogen-bond acceptors (Lipinski definition) is 3. The van der Waals surface area contributed by atoms with Gasteiger partial charge in [-0.1, -0.05) is 103 Å². The average Bonchev–Trinajstić information content (AvgIpc) is 2.87. The molecule has 0 aromatic rings. The van der Waals surface area contributed by atoms with Crippen LogP contribution in [-0.2, 0) is 13.6 Å². The van der Waals surface area contributed by atoms with Gasteiger partial charge < -0.3 is 9.38 Å². The van der Waals surface area contributed by atoms with Crippen molar-refractivity contribution >= 4 is 7.82 Å². The third-order valence-electron chi connectivity index (χ3n) is 7.74. The Morgan fingerprint density at radius 2 is 0.972 bits per heavy atom. The first-order valence-corrected chi connectivity index (χ1v) is 17.1. The molecule has 216 valence electrons. The summed E-state index contributed by atoms with van der Waals surface area (Å²) in [5, 5.41) is 0. The van der Waals surface area contributed by atoms with E-state index < -0.39 is 7.82 Å². The van der Waals surface area contributed by atoms with E-state index in [1.54, 1.807) is 0 Å². The van der Waals surface area contributed by atoms with Gasteiger partial charge in [-0.15, -0.1) is 0 Å². The molecule has 0 aliphatic rings. The monoisotopic (exact) mass is 532 g/mol. The fourth-order valence-corrected chi connectivity index (χ4v) is 5.52. The summed E-state index contributed by atoms with van der Waals surface area (Å²) in [4.78, 5) is 9.89. The molecule has 6 heteroatoms. The van der Waals surface area contributed by atoms with Crippen molar-refractivity contribution in [1.82, 2.24) is 0 Å². The molecular formula is C30H63NO4P+. The van der Waals surface area contributed by atoms with Crippen molar-refractivity contribution in [3.8, 4) is 0 Å². The summed E-state index contributed by atoms with van der Waals surface area (Å²) >= 11 is 0. The zero-order valence-electron chi connectivity index (χ0n) is 24.7. The fourth-order valence-electron chi connectivity index (χ4n) is 4.77. The molecule has 0 radical (unpaired) electrons. The first kappa shape index (κ1) is 35.8. The van der Waals surface area contributed by atoms with E-state index in [1.165, 1.54) is 103 Å². The Kier molecular flexibility index (Phi) is 25.0. The fraction of sp³-hybridized carbons (Fsp3) is 0.933. The van der Waals surface area contributed by atoms with Crippen molar-refractivity contribution < 1.29 is 23.0 Å². The van der Waals surface area contributed by atoms with Gasteiger partial charge in [0.2, 0.25) is 0 Å². The van der Waals surface area contributed by atoms with Crippen LogP contribution in [0.1, 0.15) is 143 Å². The predicted molar refractivity (Wildman–Crippen MR) is 156 cm³/mol. The molecule has 0 aromatic heterocycles. The van der Waals surface area contributed by atoms with Crippen LogP contribution in [0, 0.1) is 0 Å². The summed E-state index contributed by atoms with van der Waals surface area (Å²) in [7, 11) is -3.92. The van der Waals surface area contributed by atoms with E-state index in [0.717, 1.165) is 43.5 Å². The Labute approximate surface area is 225 Å². The van der Waals surface area contributed by atoms with Crippen molar-refractivity contribution in [2.45, 2.75) is 143 Å².